The van der Waals surface area contributed by atoms with Crippen LogP contribution in [0.15, 0.2) is 78.5 Å². The van der Waals surface area contributed by atoms with Crippen molar-refractivity contribution >= 4 is 22.6 Å². The number of aromatic nitrogens is 2. The Balaban J connectivity index is 1.04. The van der Waals surface area contributed by atoms with Crippen LogP contribution < -0.4 is 4.74 Å². The first kappa shape index (κ1) is 28.6. The van der Waals surface area contributed by atoms with Crippen LogP contribution in [0.1, 0.15) is 57.2 Å². The number of aliphatic hydroxyl groups is 2. The van der Waals surface area contributed by atoms with Crippen LogP contribution in [0.3, 0.4) is 0 Å². The van der Waals surface area contributed by atoms with E-state index in [1.807, 2.05) is 60.3 Å². The lowest BCUT2D eigenvalue weighted by Crippen LogP contribution is -2.62. The van der Waals surface area contributed by atoms with Gasteiger partial charge in [-0.2, -0.15) is 5.10 Å². The van der Waals surface area contributed by atoms with Gasteiger partial charge in [0.15, 0.2) is 0 Å². The van der Waals surface area contributed by atoms with E-state index in [0.29, 0.717) is 18.6 Å². The number of fused-ring (bicyclic) bond motifs is 7. The molecule has 0 saturated heterocycles. The summed E-state index contributed by atoms with van der Waals surface area (Å²) < 4.78 is 21.4. The van der Waals surface area contributed by atoms with Gasteiger partial charge < -0.3 is 14.9 Å². The van der Waals surface area contributed by atoms with Gasteiger partial charge in [-0.15, -0.1) is 0 Å². The van der Waals surface area contributed by atoms with Crippen molar-refractivity contribution in [2.45, 2.75) is 64.1 Å². The molecule has 45 heavy (non-hydrogen) atoms. The summed E-state index contributed by atoms with van der Waals surface area (Å²) >= 11 is 0. The van der Waals surface area contributed by atoms with Crippen molar-refractivity contribution in [2.24, 2.45) is 28.6 Å². The molecule has 1 aromatic heterocycles. The second-order valence-corrected chi connectivity index (χ2v) is 14.4. The number of ketones is 1. The molecule has 0 radical (unpaired) electrons. The minimum atomic E-state index is -1.55. The Morgan fingerprint density at radius 2 is 1.84 bits per heavy atom. The zero-order chi connectivity index (χ0) is 31.1. The summed E-state index contributed by atoms with van der Waals surface area (Å²) in [6, 6.07) is 20.2. The van der Waals surface area contributed by atoms with Gasteiger partial charge >= 0.3 is 0 Å². The summed E-state index contributed by atoms with van der Waals surface area (Å²) in [4.78, 5) is 13.8. The lowest BCUT2D eigenvalue weighted by molar-refractivity contribution is -0.180. The molecule has 0 bridgehead atoms. The molecule has 8 rings (SSSR count). The third-order valence-electron chi connectivity index (χ3n) is 12.2. The van der Waals surface area contributed by atoms with Crippen LogP contribution in [-0.4, -0.2) is 44.1 Å². The van der Waals surface area contributed by atoms with Crippen LogP contribution in [0.4, 0.5) is 4.39 Å². The molecule has 6 unspecified atom stereocenters. The maximum atomic E-state index is 13.8. The van der Waals surface area contributed by atoms with Gasteiger partial charge in [-0.05, 0) is 121 Å². The highest BCUT2D eigenvalue weighted by Gasteiger charge is 2.68. The topological polar surface area (TPSA) is 84.6 Å². The molecule has 6 nitrogen and oxygen atoms in total. The summed E-state index contributed by atoms with van der Waals surface area (Å²) in [7, 11) is 0. The molecular formula is C38H39FN2O4. The van der Waals surface area contributed by atoms with Gasteiger partial charge in [-0.25, -0.2) is 9.07 Å². The molecule has 4 aromatic rings. The molecule has 4 aliphatic carbocycles. The summed E-state index contributed by atoms with van der Waals surface area (Å²) in [6.45, 7) is 4.10. The number of halogens is 1. The Morgan fingerprint density at radius 3 is 2.64 bits per heavy atom. The summed E-state index contributed by atoms with van der Waals surface area (Å²) in [5.41, 5.74) is 1.74. The number of Topliss-reactive ketones (excluding diaryl/α,β-unsaturated/α-hetero) is 1. The van der Waals surface area contributed by atoms with Crippen molar-refractivity contribution in [3.05, 3.63) is 95.6 Å². The van der Waals surface area contributed by atoms with Crippen LogP contribution in [0, 0.1) is 34.4 Å². The second kappa shape index (κ2) is 10.1. The highest BCUT2D eigenvalue weighted by atomic mass is 19.1. The van der Waals surface area contributed by atoms with Gasteiger partial charge in [-0.3, -0.25) is 4.79 Å². The second-order valence-electron chi connectivity index (χ2n) is 14.4. The Bertz CT molecular complexity index is 1850. The average molecular weight is 607 g/mol. The highest BCUT2D eigenvalue weighted by molar-refractivity contribution is 5.90. The third kappa shape index (κ3) is 4.20. The van der Waals surface area contributed by atoms with E-state index in [-0.39, 0.29) is 41.4 Å². The Kier molecular flexibility index (Phi) is 6.43. The standard InChI is InChI=1S/C38H39FN2O4/c1-36-19-25-21-40-41(28-11-9-27(39)10-12-28)32(25)18-26(36)8-14-30-31-15-16-38(44,37(31,2)20-33(42)35(30)36)34(43)22-45-29-13-7-23-5-3-4-6-24(23)17-29/h3-7,9-13,17-18,21,30-31,33,35,42,44H,8,14-16,19-20,22H2,1-2H3/t30?,31?,33?,35?,36?,37?,38-/m0/s1. The normalized spacial score (nSPS) is 33.5. The van der Waals surface area contributed by atoms with Crippen LogP contribution in [-0.2, 0) is 11.2 Å². The fourth-order valence-corrected chi connectivity index (χ4v) is 9.96. The summed E-state index contributed by atoms with van der Waals surface area (Å²) in [5, 5.41) is 30.9. The van der Waals surface area contributed by atoms with E-state index in [2.05, 4.69) is 18.1 Å². The fraction of sp³-hybridized carbons (Fsp3) is 0.421. The molecule has 0 aliphatic heterocycles. The lowest BCUT2D eigenvalue weighted by atomic mass is 9.45. The molecule has 232 valence electrons. The van der Waals surface area contributed by atoms with E-state index in [9.17, 15) is 19.4 Å². The Morgan fingerprint density at radius 1 is 1.07 bits per heavy atom. The molecule has 2 N–H and O–H groups in total. The van der Waals surface area contributed by atoms with E-state index in [0.717, 1.165) is 53.4 Å². The van der Waals surface area contributed by atoms with Crippen molar-refractivity contribution in [3.63, 3.8) is 0 Å². The number of benzene rings is 3. The average Bonchev–Trinajstić information content (AvgIpc) is 3.55. The first-order valence-corrected chi connectivity index (χ1v) is 16.2. The first-order chi connectivity index (χ1) is 21.6. The number of aliphatic hydroxyl groups excluding tert-OH is 1. The summed E-state index contributed by atoms with van der Waals surface area (Å²) in [5.74, 6) is 0.363. The van der Waals surface area contributed by atoms with Crippen LogP contribution in [0.25, 0.3) is 22.5 Å². The van der Waals surface area contributed by atoms with E-state index < -0.39 is 17.1 Å². The molecular weight excluding hydrogens is 567 g/mol. The fourth-order valence-electron chi connectivity index (χ4n) is 9.96. The first-order valence-electron chi connectivity index (χ1n) is 16.2. The van der Waals surface area contributed by atoms with Crippen molar-refractivity contribution in [3.8, 4) is 11.4 Å². The molecule has 7 atom stereocenters. The van der Waals surface area contributed by atoms with Crippen LogP contribution in [0.2, 0.25) is 0 Å². The van der Waals surface area contributed by atoms with Gasteiger partial charge in [0.1, 0.15) is 23.8 Å². The van der Waals surface area contributed by atoms with E-state index in [4.69, 9.17) is 4.74 Å². The van der Waals surface area contributed by atoms with E-state index in [1.54, 1.807) is 12.1 Å². The predicted octanol–water partition coefficient (Wildman–Crippen LogP) is 6.70. The smallest absolute Gasteiger partial charge is 0.202 e. The van der Waals surface area contributed by atoms with Gasteiger partial charge in [0.05, 0.1) is 23.7 Å². The maximum Gasteiger partial charge on any atom is 0.202 e. The number of hydrogen-bond acceptors (Lipinski definition) is 5. The Labute approximate surface area is 262 Å². The van der Waals surface area contributed by atoms with Crippen molar-refractivity contribution in [2.75, 3.05) is 6.61 Å². The van der Waals surface area contributed by atoms with Crippen molar-refractivity contribution in [1.29, 1.82) is 0 Å². The monoisotopic (exact) mass is 606 g/mol. The van der Waals surface area contributed by atoms with Gasteiger partial charge in [-0.1, -0.05) is 49.8 Å². The molecule has 0 spiro atoms. The number of ether oxygens (including phenoxy) is 1. The lowest BCUT2D eigenvalue weighted by Gasteiger charge is -2.60. The molecule has 3 fully saturated rings. The third-order valence-corrected chi connectivity index (χ3v) is 12.2. The predicted molar refractivity (Wildman–Crippen MR) is 170 cm³/mol. The van der Waals surface area contributed by atoms with E-state index >= 15 is 0 Å². The van der Waals surface area contributed by atoms with Crippen molar-refractivity contribution < 1.29 is 24.1 Å². The molecule has 0 amide bonds. The summed E-state index contributed by atoms with van der Waals surface area (Å²) in [6.07, 6.45) is 7.57. The van der Waals surface area contributed by atoms with Gasteiger partial charge in [0, 0.05) is 5.41 Å². The number of allylic oxidation sites excluding steroid dienone is 1. The molecule has 1 heterocycles. The number of carbonyl (C=O) groups excluding carboxylic acids is 1. The largest absolute Gasteiger partial charge is 0.486 e. The van der Waals surface area contributed by atoms with E-state index in [1.165, 1.54) is 17.7 Å². The maximum absolute atomic E-state index is 13.8. The van der Waals surface area contributed by atoms with Gasteiger partial charge in [0.2, 0.25) is 5.78 Å². The van der Waals surface area contributed by atoms with Gasteiger partial charge in [0.25, 0.3) is 0 Å². The zero-order valence-corrected chi connectivity index (χ0v) is 25.7. The zero-order valence-electron chi connectivity index (χ0n) is 25.7. The molecule has 3 saturated carbocycles. The highest BCUT2D eigenvalue weighted by Crippen LogP contribution is 2.67. The SMILES string of the molecule is CC12Cc3cnn(-c4ccc(F)cc4)c3C=C1CCC1C2C(O)CC2(C)C1CC[C@]2(O)C(=O)COc1ccc2ccccc2c1. The molecule has 7 heteroatoms. The Hall–Kier alpha value is -3.81. The van der Waals surface area contributed by atoms with Crippen LogP contribution >= 0.6 is 0 Å². The number of nitrogens with zero attached hydrogens (tertiary/aromatic N) is 2. The number of carbonyl (C=O) groups is 1. The number of hydrogen-bond donors (Lipinski definition) is 2. The number of rotatable bonds is 5. The quantitative estimate of drug-likeness (QED) is 0.264. The molecule has 3 aromatic carbocycles. The molecule has 4 aliphatic rings. The minimum absolute atomic E-state index is 0.0178. The van der Waals surface area contributed by atoms with Crippen molar-refractivity contribution in [1.82, 2.24) is 9.78 Å². The van der Waals surface area contributed by atoms with Crippen LogP contribution in [0.5, 0.6) is 5.75 Å². The minimum Gasteiger partial charge on any atom is -0.486 e.